The maximum atomic E-state index is 11.7. The van der Waals surface area contributed by atoms with Crippen LogP contribution in [0.4, 0.5) is 0 Å². The second-order valence-electron chi connectivity index (χ2n) is 5.86. The number of aliphatic hydroxyl groups is 1. The van der Waals surface area contributed by atoms with Gasteiger partial charge in [-0.25, -0.2) is 0 Å². The molecule has 4 aromatic rings. The first-order valence-corrected chi connectivity index (χ1v) is 7.97. The lowest BCUT2D eigenvalue weighted by molar-refractivity contribution is 0.121. The van der Waals surface area contributed by atoms with Crippen LogP contribution in [0.3, 0.4) is 0 Å². The van der Waals surface area contributed by atoms with Gasteiger partial charge in [0.25, 0.3) is 0 Å². The fraction of sp³-hybridized carbons (Fsp3) is 0.0455. The van der Waals surface area contributed by atoms with Crippen molar-refractivity contribution in [3.05, 3.63) is 114 Å². The Labute approximate surface area is 141 Å². The van der Waals surface area contributed by atoms with E-state index in [1.54, 1.807) is 0 Å². The van der Waals surface area contributed by atoms with Gasteiger partial charge in [0.1, 0.15) is 0 Å². The minimum Gasteiger partial charge on any atom is -0.374 e. The SMILES string of the molecule is OC(c1ccccc1)(c1ccccc1)c1cc2ccccc2cn1. The molecular weight excluding hydrogens is 294 g/mol. The highest BCUT2D eigenvalue weighted by Gasteiger charge is 2.35. The molecule has 2 nitrogen and oxygen atoms in total. The van der Waals surface area contributed by atoms with E-state index in [-0.39, 0.29) is 0 Å². The van der Waals surface area contributed by atoms with Crippen LogP contribution in [0.1, 0.15) is 16.8 Å². The zero-order valence-electron chi connectivity index (χ0n) is 13.1. The first-order valence-electron chi connectivity index (χ1n) is 7.97. The number of rotatable bonds is 3. The lowest BCUT2D eigenvalue weighted by Gasteiger charge is -2.29. The Morgan fingerprint density at radius 3 is 1.71 bits per heavy atom. The van der Waals surface area contributed by atoms with E-state index in [0.29, 0.717) is 5.69 Å². The van der Waals surface area contributed by atoms with Gasteiger partial charge in [-0.15, -0.1) is 0 Å². The Hall–Kier alpha value is -2.97. The highest BCUT2D eigenvalue weighted by atomic mass is 16.3. The number of aromatic nitrogens is 1. The predicted octanol–water partition coefficient (Wildman–Crippen LogP) is 4.52. The minimum absolute atomic E-state index is 0.624. The van der Waals surface area contributed by atoms with Crippen LogP contribution in [0.5, 0.6) is 0 Å². The molecule has 116 valence electrons. The molecule has 0 atom stereocenters. The van der Waals surface area contributed by atoms with E-state index in [4.69, 9.17) is 0 Å². The largest absolute Gasteiger partial charge is 0.374 e. The molecule has 1 heterocycles. The van der Waals surface area contributed by atoms with Crippen LogP contribution in [0.25, 0.3) is 10.8 Å². The van der Waals surface area contributed by atoms with Crippen molar-refractivity contribution in [3.63, 3.8) is 0 Å². The van der Waals surface area contributed by atoms with Crippen LogP contribution in [-0.4, -0.2) is 10.1 Å². The van der Waals surface area contributed by atoms with Gasteiger partial charge in [0.05, 0.1) is 5.69 Å². The molecule has 0 radical (unpaired) electrons. The standard InChI is InChI=1S/C22H17NO/c24-22(19-11-3-1-4-12-19,20-13-5-2-6-14-20)21-15-17-9-7-8-10-18(17)16-23-21/h1-16,24H. The van der Waals surface area contributed by atoms with Crippen LogP contribution >= 0.6 is 0 Å². The molecule has 4 rings (SSSR count). The van der Waals surface area contributed by atoms with Crippen molar-refractivity contribution in [2.45, 2.75) is 5.60 Å². The lowest BCUT2D eigenvalue weighted by atomic mass is 9.83. The monoisotopic (exact) mass is 311 g/mol. The third kappa shape index (κ3) is 2.38. The van der Waals surface area contributed by atoms with Crippen molar-refractivity contribution in [2.75, 3.05) is 0 Å². The molecule has 0 aliphatic carbocycles. The average Bonchev–Trinajstić information content (AvgIpc) is 2.68. The van der Waals surface area contributed by atoms with E-state index < -0.39 is 5.60 Å². The third-order valence-corrected chi connectivity index (χ3v) is 4.38. The molecule has 0 fully saturated rings. The van der Waals surface area contributed by atoms with Crippen molar-refractivity contribution in [2.24, 2.45) is 0 Å². The van der Waals surface area contributed by atoms with Gasteiger partial charge in [-0.1, -0.05) is 84.9 Å². The van der Waals surface area contributed by atoms with Gasteiger partial charge in [-0.3, -0.25) is 4.98 Å². The topological polar surface area (TPSA) is 33.1 Å². The summed E-state index contributed by atoms with van der Waals surface area (Å²) in [6, 6.07) is 29.4. The number of nitrogens with zero attached hydrogens (tertiary/aromatic N) is 1. The van der Waals surface area contributed by atoms with Gasteiger partial charge in [0.15, 0.2) is 5.60 Å². The fourth-order valence-corrected chi connectivity index (χ4v) is 3.10. The average molecular weight is 311 g/mol. The number of pyridine rings is 1. The summed E-state index contributed by atoms with van der Waals surface area (Å²) in [5, 5.41) is 13.8. The van der Waals surface area contributed by atoms with Crippen LogP contribution in [-0.2, 0) is 5.60 Å². The Bertz CT molecular complexity index is 925. The van der Waals surface area contributed by atoms with Crippen molar-refractivity contribution in [1.82, 2.24) is 4.98 Å². The summed E-state index contributed by atoms with van der Waals surface area (Å²) in [4.78, 5) is 4.58. The van der Waals surface area contributed by atoms with Crippen LogP contribution < -0.4 is 0 Å². The van der Waals surface area contributed by atoms with Gasteiger partial charge >= 0.3 is 0 Å². The second-order valence-corrected chi connectivity index (χ2v) is 5.86. The smallest absolute Gasteiger partial charge is 0.157 e. The molecule has 0 saturated heterocycles. The summed E-state index contributed by atoms with van der Waals surface area (Å²) in [6.07, 6.45) is 1.82. The Morgan fingerprint density at radius 2 is 1.12 bits per heavy atom. The van der Waals surface area contributed by atoms with Crippen molar-refractivity contribution in [3.8, 4) is 0 Å². The molecule has 1 aromatic heterocycles. The maximum absolute atomic E-state index is 11.7. The van der Waals surface area contributed by atoms with Crippen LogP contribution in [0.15, 0.2) is 97.2 Å². The van der Waals surface area contributed by atoms with Gasteiger partial charge in [0.2, 0.25) is 0 Å². The molecule has 0 unspecified atom stereocenters. The molecule has 2 heteroatoms. The zero-order chi connectivity index (χ0) is 16.4. The van der Waals surface area contributed by atoms with E-state index >= 15 is 0 Å². The van der Waals surface area contributed by atoms with Crippen molar-refractivity contribution >= 4 is 10.8 Å². The highest BCUT2D eigenvalue weighted by Crippen LogP contribution is 2.36. The van der Waals surface area contributed by atoms with E-state index in [1.807, 2.05) is 97.2 Å². The predicted molar refractivity (Wildman–Crippen MR) is 96.7 cm³/mol. The summed E-state index contributed by atoms with van der Waals surface area (Å²) >= 11 is 0. The molecule has 0 saturated carbocycles. The molecule has 1 N–H and O–H groups in total. The van der Waals surface area contributed by atoms with Crippen molar-refractivity contribution < 1.29 is 5.11 Å². The summed E-state index contributed by atoms with van der Waals surface area (Å²) in [5.41, 5.74) is 0.948. The third-order valence-electron chi connectivity index (χ3n) is 4.38. The number of hydrogen-bond acceptors (Lipinski definition) is 2. The zero-order valence-corrected chi connectivity index (χ0v) is 13.1. The molecule has 0 aliphatic heterocycles. The lowest BCUT2D eigenvalue weighted by Crippen LogP contribution is -2.29. The van der Waals surface area contributed by atoms with Gasteiger partial charge in [-0.2, -0.15) is 0 Å². The van der Waals surface area contributed by atoms with E-state index in [2.05, 4.69) is 4.98 Å². The van der Waals surface area contributed by atoms with Crippen LogP contribution in [0, 0.1) is 0 Å². The second kappa shape index (κ2) is 5.91. The van der Waals surface area contributed by atoms with Crippen molar-refractivity contribution in [1.29, 1.82) is 0 Å². The van der Waals surface area contributed by atoms with E-state index in [9.17, 15) is 5.11 Å². The highest BCUT2D eigenvalue weighted by molar-refractivity contribution is 5.82. The Balaban J connectivity index is 1.98. The summed E-state index contributed by atoms with van der Waals surface area (Å²) < 4.78 is 0. The quantitative estimate of drug-likeness (QED) is 0.603. The Morgan fingerprint density at radius 1 is 0.625 bits per heavy atom. The molecule has 0 aliphatic rings. The number of fused-ring (bicyclic) bond motifs is 1. The first-order chi connectivity index (χ1) is 11.8. The number of hydrogen-bond donors (Lipinski definition) is 1. The van der Waals surface area contributed by atoms with E-state index in [0.717, 1.165) is 21.9 Å². The molecule has 24 heavy (non-hydrogen) atoms. The van der Waals surface area contributed by atoms with Crippen LogP contribution in [0.2, 0.25) is 0 Å². The van der Waals surface area contributed by atoms with E-state index in [1.165, 1.54) is 0 Å². The molecular formula is C22H17NO. The first kappa shape index (κ1) is 14.6. The maximum Gasteiger partial charge on any atom is 0.157 e. The fourth-order valence-electron chi connectivity index (χ4n) is 3.10. The summed E-state index contributed by atoms with van der Waals surface area (Å²) in [7, 11) is 0. The van der Waals surface area contributed by atoms with Gasteiger partial charge < -0.3 is 5.11 Å². The number of benzene rings is 3. The molecule has 0 bridgehead atoms. The molecule has 0 spiro atoms. The summed E-state index contributed by atoms with van der Waals surface area (Å²) in [6.45, 7) is 0. The molecule has 3 aromatic carbocycles. The minimum atomic E-state index is -1.29. The molecule has 0 amide bonds. The summed E-state index contributed by atoms with van der Waals surface area (Å²) in [5.74, 6) is 0. The Kier molecular flexibility index (Phi) is 3.60. The van der Waals surface area contributed by atoms with Gasteiger partial charge in [0, 0.05) is 11.6 Å². The normalized spacial score (nSPS) is 11.5. The van der Waals surface area contributed by atoms with Gasteiger partial charge in [-0.05, 0) is 22.6 Å².